The molecule has 11 heteroatoms. The van der Waals surface area contributed by atoms with Gasteiger partial charge in [-0.25, -0.2) is 13.2 Å². The van der Waals surface area contributed by atoms with Crippen molar-refractivity contribution in [3.63, 3.8) is 0 Å². The van der Waals surface area contributed by atoms with Crippen molar-refractivity contribution in [2.75, 3.05) is 17.4 Å². The van der Waals surface area contributed by atoms with Crippen LogP contribution in [0.5, 0.6) is 0 Å². The third kappa shape index (κ3) is 6.47. The van der Waals surface area contributed by atoms with Gasteiger partial charge in [-0.1, -0.05) is 24.3 Å². The van der Waals surface area contributed by atoms with E-state index >= 15 is 0 Å². The molecule has 0 bridgehead atoms. The Morgan fingerprint density at radius 1 is 1.12 bits per heavy atom. The molecule has 0 aliphatic carbocycles. The average Bonchev–Trinajstić information content (AvgIpc) is 2.80. The van der Waals surface area contributed by atoms with Gasteiger partial charge in [-0.15, -0.1) is 13.2 Å². The van der Waals surface area contributed by atoms with Crippen molar-refractivity contribution < 1.29 is 35.9 Å². The standard InChI is InChI=1S/C23H23F3N2O5S/c1-4-12-27-21(29)16(3)33-22(30)17-8-6-11-20(14-17)34(31,32)28(13-5-2)19-10-7-9-18(15-19)23(24,25)26/h4-11,14-16H,1-2,12-13H2,3H3,(H,27,29). The van der Waals surface area contributed by atoms with E-state index in [-0.39, 0.29) is 29.2 Å². The van der Waals surface area contributed by atoms with E-state index in [0.29, 0.717) is 6.07 Å². The van der Waals surface area contributed by atoms with Crippen LogP contribution >= 0.6 is 0 Å². The summed E-state index contributed by atoms with van der Waals surface area (Å²) in [5.41, 5.74) is -1.41. The Morgan fingerprint density at radius 2 is 1.79 bits per heavy atom. The zero-order chi connectivity index (χ0) is 25.5. The molecule has 0 saturated heterocycles. The van der Waals surface area contributed by atoms with Crippen molar-refractivity contribution in [2.24, 2.45) is 0 Å². The van der Waals surface area contributed by atoms with Gasteiger partial charge in [-0.3, -0.25) is 9.10 Å². The van der Waals surface area contributed by atoms with E-state index in [1.165, 1.54) is 43.3 Å². The van der Waals surface area contributed by atoms with E-state index in [2.05, 4.69) is 18.5 Å². The molecular weight excluding hydrogens is 473 g/mol. The summed E-state index contributed by atoms with van der Waals surface area (Å²) in [5.74, 6) is -1.52. The van der Waals surface area contributed by atoms with Crippen LogP contribution in [0, 0.1) is 0 Å². The van der Waals surface area contributed by atoms with Crippen LogP contribution in [0.2, 0.25) is 0 Å². The number of amides is 1. The van der Waals surface area contributed by atoms with E-state index in [0.717, 1.165) is 22.5 Å². The number of nitrogens with one attached hydrogen (secondary N) is 1. The largest absolute Gasteiger partial charge is 0.449 e. The fourth-order valence-electron chi connectivity index (χ4n) is 2.81. The minimum Gasteiger partial charge on any atom is -0.449 e. The molecule has 0 fully saturated rings. The van der Waals surface area contributed by atoms with Gasteiger partial charge in [0, 0.05) is 6.54 Å². The first-order valence-corrected chi connectivity index (χ1v) is 11.4. The van der Waals surface area contributed by atoms with Gasteiger partial charge in [-0.2, -0.15) is 13.2 Å². The molecule has 0 spiro atoms. The first-order chi connectivity index (χ1) is 15.9. The fraction of sp³-hybridized carbons (Fsp3) is 0.217. The van der Waals surface area contributed by atoms with E-state index in [1.54, 1.807) is 0 Å². The molecule has 2 rings (SSSR count). The predicted molar refractivity (Wildman–Crippen MR) is 121 cm³/mol. The highest BCUT2D eigenvalue weighted by Gasteiger charge is 2.32. The molecule has 0 heterocycles. The van der Waals surface area contributed by atoms with Crippen LogP contribution in [0.15, 0.2) is 78.7 Å². The van der Waals surface area contributed by atoms with Gasteiger partial charge in [0.25, 0.3) is 15.9 Å². The average molecular weight is 497 g/mol. The first-order valence-electron chi connectivity index (χ1n) is 9.92. The van der Waals surface area contributed by atoms with E-state index in [1.807, 2.05) is 0 Å². The summed E-state index contributed by atoms with van der Waals surface area (Å²) in [6.07, 6.45) is -3.16. The number of ether oxygens (including phenoxy) is 1. The molecule has 0 saturated carbocycles. The fourth-order valence-corrected chi connectivity index (χ4v) is 4.28. The normalized spacial score (nSPS) is 12.4. The lowest BCUT2D eigenvalue weighted by Crippen LogP contribution is -2.36. The molecule has 1 amide bonds. The minimum absolute atomic E-state index is 0.160. The number of carbonyl (C=O) groups is 2. The van der Waals surface area contributed by atoms with Gasteiger partial charge in [0.2, 0.25) is 0 Å². The Labute approximate surface area is 195 Å². The molecule has 0 aliphatic rings. The second-order valence-corrected chi connectivity index (χ2v) is 8.84. The van der Waals surface area contributed by atoms with Gasteiger partial charge >= 0.3 is 12.1 Å². The van der Waals surface area contributed by atoms with E-state index in [9.17, 15) is 31.2 Å². The van der Waals surface area contributed by atoms with Crippen molar-refractivity contribution in [1.82, 2.24) is 5.32 Å². The Bertz CT molecular complexity index is 1180. The van der Waals surface area contributed by atoms with Crippen LogP contribution in [-0.4, -0.2) is 39.5 Å². The Hall–Kier alpha value is -3.60. The smallest absolute Gasteiger partial charge is 0.416 e. The zero-order valence-electron chi connectivity index (χ0n) is 18.2. The number of anilines is 1. The highest BCUT2D eigenvalue weighted by molar-refractivity contribution is 7.92. The summed E-state index contributed by atoms with van der Waals surface area (Å²) in [6.45, 7) is 8.12. The van der Waals surface area contributed by atoms with Gasteiger partial charge < -0.3 is 10.1 Å². The van der Waals surface area contributed by atoms with Crippen molar-refractivity contribution in [2.45, 2.75) is 24.1 Å². The van der Waals surface area contributed by atoms with Crippen LogP contribution in [-0.2, 0) is 25.7 Å². The predicted octanol–water partition coefficient (Wildman–Crippen LogP) is 3.93. The SMILES string of the molecule is C=CCNC(=O)C(C)OC(=O)c1cccc(S(=O)(=O)N(CC=C)c2cccc(C(F)(F)F)c2)c1. The number of nitrogens with zero attached hydrogens (tertiary/aromatic N) is 1. The van der Waals surface area contributed by atoms with Crippen LogP contribution in [0.25, 0.3) is 0 Å². The summed E-state index contributed by atoms with van der Waals surface area (Å²) in [7, 11) is -4.39. The van der Waals surface area contributed by atoms with Gasteiger partial charge in [-0.05, 0) is 43.3 Å². The molecule has 0 aliphatic heterocycles. The lowest BCUT2D eigenvalue weighted by molar-refractivity contribution is -0.137. The summed E-state index contributed by atoms with van der Waals surface area (Å²) < 4.78 is 71.8. The van der Waals surface area contributed by atoms with Gasteiger partial charge in [0.05, 0.1) is 28.3 Å². The van der Waals surface area contributed by atoms with Gasteiger partial charge in [0.15, 0.2) is 6.10 Å². The molecule has 0 aromatic heterocycles. The maximum atomic E-state index is 13.3. The lowest BCUT2D eigenvalue weighted by Gasteiger charge is -2.24. The number of rotatable bonds is 10. The van der Waals surface area contributed by atoms with Crippen LogP contribution in [0.3, 0.4) is 0 Å². The molecular formula is C23H23F3N2O5S. The van der Waals surface area contributed by atoms with Crippen molar-refractivity contribution >= 4 is 27.6 Å². The summed E-state index contributed by atoms with van der Waals surface area (Å²) >= 11 is 0. The Morgan fingerprint density at radius 3 is 2.41 bits per heavy atom. The molecule has 34 heavy (non-hydrogen) atoms. The van der Waals surface area contributed by atoms with Gasteiger partial charge in [0.1, 0.15) is 0 Å². The number of sulfonamides is 1. The van der Waals surface area contributed by atoms with Crippen LogP contribution < -0.4 is 9.62 Å². The number of carbonyl (C=O) groups excluding carboxylic acids is 2. The Balaban J connectivity index is 2.37. The molecule has 2 aromatic carbocycles. The molecule has 1 atom stereocenters. The second-order valence-electron chi connectivity index (χ2n) is 6.98. The molecule has 0 radical (unpaired) electrons. The lowest BCUT2D eigenvalue weighted by atomic mass is 10.2. The summed E-state index contributed by atoms with van der Waals surface area (Å²) in [5, 5.41) is 2.46. The summed E-state index contributed by atoms with van der Waals surface area (Å²) in [6, 6.07) is 8.63. The summed E-state index contributed by atoms with van der Waals surface area (Å²) in [4.78, 5) is 24.0. The Kier molecular flexibility index (Phi) is 8.63. The third-order valence-corrected chi connectivity index (χ3v) is 6.28. The number of hydrogen-bond acceptors (Lipinski definition) is 5. The van der Waals surface area contributed by atoms with Crippen LogP contribution in [0.1, 0.15) is 22.8 Å². The molecule has 182 valence electrons. The van der Waals surface area contributed by atoms with E-state index < -0.39 is 39.7 Å². The maximum absolute atomic E-state index is 13.3. The number of hydrogen-bond donors (Lipinski definition) is 1. The maximum Gasteiger partial charge on any atom is 0.416 e. The molecule has 2 aromatic rings. The molecule has 1 unspecified atom stereocenters. The quantitative estimate of drug-likeness (QED) is 0.398. The molecule has 7 nitrogen and oxygen atoms in total. The first kappa shape index (κ1) is 26.7. The topological polar surface area (TPSA) is 92.8 Å². The van der Waals surface area contributed by atoms with E-state index in [4.69, 9.17) is 4.74 Å². The van der Waals surface area contributed by atoms with Crippen LogP contribution in [0.4, 0.5) is 18.9 Å². The third-order valence-electron chi connectivity index (χ3n) is 4.49. The highest BCUT2D eigenvalue weighted by atomic mass is 32.2. The second kappa shape index (κ2) is 11.0. The van der Waals surface area contributed by atoms with Crippen molar-refractivity contribution in [3.05, 3.63) is 85.0 Å². The molecule has 1 N–H and O–H groups in total. The number of halogens is 3. The van der Waals surface area contributed by atoms with Crippen molar-refractivity contribution in [1.29, 1.82) is 0 Å². The van der Waals surface area contributed by atoms with Crippen molar-refractivity contribution in [3.8, 4) is 0 Å². The number of benzene rings is 2. The number of esters is 1. The highest BCUT2D eigenvalue weighted by Crippen LogP contribution is 2.33. The number of alkyl halides is 3. The zero-order valence-corrected chi connectivity index (χ0v) is 19.0. The monoisotopic (exact) mass is 496 g/mol. The minimum atomic E-state index is -4.67.